The molecule has 1 N–H and O–H groups in total. The van der Waals surface area contributed by atoms with Gasteiger partial charge in [-0.1, -0.05) is 24.3 Å². The highest BCUT2D eigenvalue weighted by Gasteiger charge is 2.27. The summed E-state index contributed by atoms with van der Waals surface area (Å²) in [5, 5.41) is 14.8. The van der Waals surface area contributed by atoms with Gasteiger partial charge in [-0.15, -0.1) is 0 Å². The zero-order valence-corrected chi connectivity index (χ0v) is 13.3. The summed E-state index contributed by atoms with van der Waals surface area (Å²) in [6.45, 7) is 1.72. The maximum Gasteiger partial charge on any atom is 0.284 e. The van der Waals surface area contributed by atoms with Gasteiger partial charge in [0.05, 0.1) is 10.6 Å². The first-order chi connectivity index (χ1) is 12.0. The van der Waals surface area contributed by atoms with Crippen LogP contribution in [0.2, 0.25) is 0 Å². The molecule has 0 saturated heterocycles. The summed E-state index contributed by atoms with van der Waals surface area (Å²) < 4.78 is 11.1. The van der Waals surface area contributed by atoms with E-state index in [-0.39, 0.29) is 12.3 Å². The van der Waals surface area contributed by atoms with Gasteiger partial charge in [0.2, 0.25) is 6.10 Å². The molecule has 2 aromatic rings. The van der Waals surface area contributed by atoms with Crippen molar-refractivity contribution in [2.45, 2.75) is 13.0 Å². The number of amides is 1. The van der Waals surface area contributed by atoms with Gasteiger partial charge in [0, 0.05) is 17.7 Å². The highest BCUT2D eigenvalue weighted by Crippen LogP contribution is 2.30. The lowest BCUT2D eigenvalue weighted by atomic mass is 10.1. The van der Waals surface area contributed by atoms with Crippen molar-refractivity contribution in [2.75, 3.05) is 6.61 Å². The molecule has 0 saturated carbocycles. The van der Waals surface area contributed by atoms with Crippen LogP contribution in [-0.2, 0) is 4.79 Å². The summed E-state index contributed by atoms with van der Waals surface area (Å²) in [4.78, 5) is 22.5. The van der Waals surface area contributed by atoms with Crippen LogP contribution in [0.25, 0.3) is 0 Å². The van der Waals surface area contributed by atoms with Gasteiger partial charge in [-0.2, -0.15) is 5.10 Å². The summed E-state index contributed by atoms with van der Waals surface area (Å²) >= 11 is 0. The van der Waals surface area contributed by atoms with Gasteiger partial charge < -0.3 is 9.47 Å². The Kier molecular flexibility index (Phi) is 4.60. The predicted molar refractivity (Wildman–Crippen MR) is 89.8 cm³/mol. The van der Waals surface area contributed by atoms with Crippen LogP contribution in [0.5, 0.6) is 11.5 Å². The Morgan fingerprint density at radius 1 is 1.24 bits per heavy atom. The summed E-state index contributed by atoms with van der Waals surface area (Å²) in [6.07, 6.45) is -0.823. The number of rotatable bonds is 4. The average Bonchev–Trinajstić information content (AvgIpc) is 2.65. The number of non-ortho nitro benzene ring substituents is 1. The van der Waals surface area contributed by atoms with Gasteiger partial charge >= 0.3 is 0 Å². The second-order valence-corrected chi connectivity index (χ2v) is 5.34. The molecular formula is C17H15N3O5. The summed E-state index contributed by atoms with van der Waals surface area (Å²) in [7, 11) is 0. The largest absolute Gasteiger partial charge is 0.485 e. The van der Waals surface area contributed by atoms with Crippen LogP contribution in [-0.4, -0.2) is 29.3 Å². The van der Waals surface area contributed by atoms with Gasteiger partial charge in [-0.3, -0.25) is 14.9 Å². The Morgan fingerprint density at radius 2 is 2.00 bits per heavy atom. The van der Waals surface area contributed by atoms with Gasteiger partial charge in [0.25, 0.3) is 11.6 Å². The van der Waals surface area contributed by atoms with Crippen LogP contribution >= 0.6 is 0 Å². The fourth-order valence-electron chi connectivity index (χ4n) is 2.27. The first kappa shape index (κ1) is 16.4. The molecule has 2 aromatic carbocycles. The molecule has 0 unspecified atom stereocenters. The Hall–Kier alpha value is -3.42. The zero-order valence-electron chi connectivity index (χ0n) is 13.3. The number of carbonyl (C=O) groups is 1. The molecule has 25 heavy (non-hydrogen) atoms. The fourth-order valence-corrected chi connectivity index (χ4v) is 2.27. The van der Waals surface area contributed by atoms with Crippen molar-refractivity contribution in [1.29, 1.82) is 0 Å². The second kappa shape index (κ2) is 7.00. The van der Waals surface area contributed by atoms with Gasteiger partial charge in [0.1, 0.15) is 6.61 Å². The van der Waals surface area contributed by atoms with E-state index in [9.17, 15) is 14.9 Å². The van der Waals surface area contributed by atoms with Crippen molar-refractivity contribution in [3.8, 4) is 11.5 Å². The maximum atomic E-state index is 12.2. The van der Waals surface area contributed by atoms with Crippen molar-refractivity contribution in [3.05, 3.63) is 64.2 Å². The van der Waals surface area contributed by atoms with Crippen molar-refractivity contribution < 1.29 is 19.2 Å². The normalized spacial score (nSPS) is 16.2. The molecule has 3 rings (SSSR count). The quantitative estimate of drug-likeness (QED) is 0.522. The Morgan fingerprint density at radius 3 is 2.76 bits per heavy atom. The Labute approximate surface area is 143 Å². The number of fused-ring (bicyclic) bond motifs is 1. The van der Waals surface area contributed by atoms with Crippen LogP contribution < -0.4 is 14.9 Å². The smallest absolute Gasteiger partial charge is 0.284 e. The van der Waals surface area contributed by atoms with E-state index in [1.54, 1.807) is 37.3 Å². The number of hydrogen-bond donors (Lipinski definition) is 1. The average molecular weight is 341 g/mol. The van der Waals surface area contributed by atoms with Crippen LogP contribution in [0.3, 0.4) is 0 Å². The molecule has 1 amide bonds. The van der Waals surface area contributed by atoms with E-state index in [2.05, 4.69) is 10.5 Å². The van der Waals surface area contributed by atoms with E-state index in [0.717, 1.165) is 0 Å². The first-order valence-electron chi connectivity index (χ1n) is 7.52. The number of nitrogens with one attached hydrogen (secondary N) is 1. The molecule has 1 aliphatic rings. The molecule has 0 spiro atoms. The number of hydrazone groups is 1. The molecule has 1 atom stereocenters. The van der Waals surface area contributed by atoms with E-state index in [0.29, 0.717) is 22.8 Å². The monoisotopic (exact) mass is 341 g/mol. The predicted octanol–water partition coefficient (Wildman–Crippen LogP) is 2.28. The third-order valence-electron chi connectivity index (χ3n) is 3.61. The number of para-hydroxylation sites is 2. The molecule has 8 nitrogen and oxygen atoms in total. The lowest BCUT2D eigenvalue weighted by Crippen LogP contribution is -2.42. The lowest BCUT2D eigenvalue weighted by molar-refractivity contribution is -0.384. The minimum absolute atomic E-state index is 0.0426. The number of ether oxygens (including phenoxy) is 2. The molecule has 0 radical (unpaired) electrons. The van der Waals surface area contributed by atoms with Crippen LogP contribution in [0.15, 0.2) is 53.6 Å². The number of nitrogens with zero attached hydrogens (tertiary/aromatic N) is 2. The van der Waals surface area contributed by atoms with Gasteiger partial charge in [-0.05, 0) is 19.1 Å². The van der Waals surface area contributed by atoms with Crippen molar-refractivity contribution in [1.82, 2.24) is 5.43 Å². The Bertz CT molecular complexity index is 850. The van der Waals surface area contributed by atoms with E-state index in [4.69, 9.17) is 9.47 Å². The van der Waals surface area contributed by atoms with Crippen LogP contribution in [0.1, 0.15) is 12.5 Å². The summed E-state index contributed by atoms with van der Waals surface area (Å²) in [5.41, 5.74) is 3.34. The highest BCUT2D eigenvalue weighted by molar-refractivity contribution is 5.99. The second-order valence-electron chi connectivity index (χ2n) is 5.34. The summed E-state index contributed by atoms with van der Waals surface area (Å²) in [6, 6.07) is 13.1. The van der Waals surface area contributed by atoms with E-state index in [1.807, 2.05) is 6.07 Å². The maximum absolute atomic E-state index is 12.2. The summed E-state index contributed by atoms with van der Waals surface area (Å²) in [5.74, 6) is 0.621. The zero-order chi connectivity index (χ0) is 17.8. The Balaban J connectivity index is 1.66. The topological polar surface area (TPSA) is 103 Å². The van der Waals surface area contributed by atoms with Gasteiger partial charge in [0.15, 0.2) is 11.5 Å². The minimum atomic E-state index is -0.823. The fraction of sp³-hybridized carbons (Fsp3) is 0.176. The number of carbonyl (C=O) groups excluding carboxylic acids is 1. The van der Waals surface area contributed by atoms with Gasteiger partial charge in [-0.25, -0.2) is 5.43 Å². The molecule has 1 aliphatic heterocycles. The molecule has 1 heterocycles. The van der Waals surface area contributed by atoms with E-state index in [1.165, 1.54) is 12.1 Å². The van der Waals surface area contributed by atoms with E-state index >= 15 is 0 Å². The van der Waals surface area contributed by atoms with Crippen molar-refractivity contribution >= 4 is 17.3 Å². The molecule has 0 fully saturated rings. The third-order valence-corrected chi connectivity index (χ3v) is 3.61. The SMILES string of the molecule is C/C(=N/NC(=O)[C@@H]1COc2ccccc2O1)c1cccc([N+](=O)[O-])c1. The number of nitro benzene ring substituents is 1. The number of nitro groups is 1. The molecule has 0 aromatic heterocycles. The highest BCUT2D eigenvalue weighted by atomic mass is 16.6. The molecule has 0 aliphatic carbocycles. The lowest BCUT2D eigenvalue weighted by Gasteiger charge is -2.24. The van der Waals surface area contributed by atoms with E-state index < -0.39 is 16.9 Å². The van der Waals surface area contributed by atoms with Crippen LogP contribution in [0, 0.1) is 10.1 Å². The number of hydrogen-bond acceptors (Lipinski definition) is 6. The number of benzene rings is 2. The van der Waals surface area contributed by atoms with Crippen LogP contribution in [0.4, 0.5) is 5.69 Å². The standard InChI is InChI=1S/C17H15N3O5/c1-11(12-5-4-6-13(9-12)20(22)23)18-19-17(21)16-10-24-14-7-2-3-8-15(14)25-16/h2-9,16H,10H2,1H3,(H,19,21)/b18-11-/t16-/m0/s1. The third kappa shape index (κ3) is 3.74. The minimum Gasteiger partial charge on any atom is -0.485 e. The molecule has 8 heteroatoms. The first-order valence-corrected chi connectivity index (χ1v) is 7.52. The van der Waals surface area contributed by atoms with Crippen molar-refractivity contribution in [3.63, 3.8) is 0 Å². The molecular weight excluding hydrogens is 326 g/mol. The van der Waals surface area contributed by atoms with Crippen molar-refractivity contribution in [2.24, 2.45) is 5.10 Å². The molecule has 128 valence electrons. The molecule has 0 bridgehead atoms.